The number of hydrogen-bond acceptors (Lipinski definition) is 3. The highest BCUT2D eigenvalue weighted by molar-refractivity contribution is 5.91. The molecule has 0 radical (unpaired) electrons. The van der Waals surface area contributed by atoms with Crippen LogP contribution in [0.5, 0.6) is 0 Å². The summed E-state index contributed by atoms with van der Waals surface area (Å²) in [6.45, 7) is 8.43. The summed E-state index contributed by atoms with van der Waals surface area (Å²) < 4.78 is 7.18. The Labute approximate surface area is 153 Å². The van der Waals surface area contributed by atoms with E-state index in [0.29, 0.717) is 6.54 Å². The third-order valence-electron chi connectivity index (χ3n) is 4.32. The van der Waals surface area contributed by atoms with Gasteiger partial charge in [-0.25, -0.2) is 0 Å². The number of rotatable bonds is 5. The highest BCUT2D eigenvalue weighted by Crippen LogP contribution is 2.21. The maximum Gasteiger partial charge on any atom is 0.244 e. The maximum absolute atomic E-state index is 12.1. The van der Waals surface area contributed by atoms with E-state index in [1.165, 1.54) is 5.56 Å². The molecule has 5 heteroatoms. The SMILES string of the molecule is Cc1ccc(CNC(=O)/C=C/c2cc(C)n(-c3cc(C)on3)c2C)cc1. The first-order valence-corrected chi connectivity index (χ1v) is 8.58. The average Bonchev–Trinajstić information content (AvgIpc) is 3.15. The summed E-state index contributed by atoms with van der Waals surface area (Å²) in [5.74, 6) is 1.40. The predicted molar refractivity (Wildman–Crippen MR) is 102 cm³/mol. The third kappa shape index (κ3) is 3.94. The Morgan fingerprint density at radius 2 is 1.88 bits per heavy atom. The molecule has 2 heterocycles. The summed E-state index contributed by atoms with van der Waals surface area (Å²) in [5.41, 5.74) is 5.32. The van der Waals surface area contributed by atoms with Gasteiger partial charge in [0, 0.05) is 30.1 Å². The Balaban J connectivity index is 1.68. The second-order valence-corrected chi connectivity index (χ2v) is 6.49. The van der Waals surface area contributed by atoms with Crippen LogP contribution in [-0.4, -0.2) is 15.6 Å². The molecular weight excluding hydrogens is 326 g/mol. The van der Waals surface area contributed by atoms with Crippen molar-refractivity contribution in [2.45, 2.75) is 34.2 Å². The van der Waals surface area contributed by atoms with Crippen LogP contribution in [0.4, 0.5) is 0 Å². The van der Waals surface area contributed by atoms with Crippen LogP contribution in [0.3, 0.4) is 0 Å². The number of aromatic nitrogens is 2. The molecule has 1 N–H and O–H groups in total. The molecule has 0 unspecified atom stereocenters. The number of hydrogen-bond donors (Lipinski definition) is 1. The maximum atomic E-state index is 12.1. The van der Waals surface area contributed by atoms with E-state index in [-0.39, 0.29) is 5.91 Å². The molecule has 3 rings (SSSR count). The second-order valence-electron chi connectivity index (χ2n) is 6.49. The molecule has 0 aliphatic heterocycles. The lowest BCUT2D eigenvalue weighted by Gasteiger charge is -2.04. The topological polar surface area (TPSA) is 60.1 Å². The van der Waals surface area contributed by atoms with Crippen LogP contribution in [0, 0.1) is 27.7 Å². The van der Waals surface area contributed by atoms with Gasteiger partial charge in [-0.3, -0.25) is 9.36 Å². The minimum Gasteiger partial charge on any atom is -0.360 e. The standard InChI is InChI=1S/C21H23N3O2/c1-14-5-7-18(8-6-14)13-22-21(25)10-9-19-11-15(2)24(17(19)4)20-12-16(3)26-23-20/h5-12H,13H2,1-4H3,(H,22,25)/b10-9+. The number of carbonyl (C=O) groups excluding carboxylic acids is 1. The van der Waals surface area contributed by atoms with Crippen molar-refractivity contribution in [2.75, 3.05) is 0 Å². The van der Waals surface area contributed by atoms with Crippen molar-refractivity contribution >= 4 is 12.0 Å². The number of nitrogens with one attached hydrogen (secondary N) is 1. The van der Waals surface area contributed by atoms with Gasteiger partial charge in [-0.1, -0.05) is 35.0 Å². The fourth-order valence-corrected chi connectivity index (χ4v) is 2.89. The summed E-state index contributed by atoms with van der Waals surface area (Å²) >= 11 is 0. The molecule has 134 valence electrons. The zero-order valence-electron chi connectivity index (χ0n) is 15.5. The van der Waals surface area contributed by atoms with Gasteiger partial charge in [0.1, 0.15) is 5.76 Å². The predicted octanol–water partition coefficient (Wildman–Crippen LogP) is 4.03. The third-order valence-corrected chi connectivity index (χ3v) is 4.32. The smallest absolute Gasteiger partial charge is 0.244 e. The van der Waals surface area contributed by atoms with Crippen LogP contribution < -0.4 is 5.32 Å². The van der Waals surface area contributed by atoms with Crippen molar-refractivity contribution in [2.24, 2.45) is 0 Å². The number of nitrogens with zero attached hydrogens (tertiary/aromatic N) is 2. The Bertz CT molecular complexity index is 946. The summed E-state index contributed by atoms with van der Waals surface area (Å²) in [6, 6.07) is 12.0. The monoisotopic (exact) mass is 349 g/mol. The average molecular weight is 349 g/mol. The van der Waals surface area contributed by atoms with E-state index in [1.807, 2.05) is 74.7 Å². The summed E-state index contributed by atoms with van der Waals surface area (Å²) in [7, 11) is 0. The Morgan fingerprint density at radius 1 is 1.15 bits per heavy atom. The number of carbonyl (C=O) groups is 1. The van der Waals surface area contributed by atoms with Crippen molar-refractivity contribution in [3.8, 4) is 5.82 Å². The summed E-state index contributed by atoms with van der Waals surface area (Å²) in [5, 5.41) is 6.97. The first-order chi connectivity index (χ1) is 12.4. The minimum absolute atomic E-state index is 0.118. The van der Waals surface area contributed by atoms with Crippen LogP contribution in [0.1, 0.15) is 33.8 Å². The summed E-state index contributed by atoms with van der Waals surface area (Å²) in [6.07, 6.45) is 3.39. The van der Waals surface area contributed by atoms with E-state index >= 15 is 0 Å². The van der Waals surface area contributed by atoms with Crippen molar-refractivity contribution in [3.63, 3.8) is 0 Å². The van der Waals surface area contributed by atoms with Crippen LogP contribution in [-0.2, 0) is 11.3 Å². The molecule has 1 aromatic carbocycles. The summed E-state index contributed by atoms with van der Waals surface area (Å²) in [4.78, 5) is 12.1. The number of amides is 1. The molecule has 5 nitrogen and oxygen atoms in total. The van der Waals surface area contributed by atoms with Crippen LogP contribution in [0.25, 0.3) is 11.9 Å². The van der Waals surface area contributed by atoms with Crippen molar-refractivity contribution in [1.29, 1.82) is 0 Å². The van der Waals surface area contributed by atoms with E-state index < -0.39 is 0 Å². The Morgan fingerprint density at radius 3 is 2.54 bits per heavy atom. The molecular formula is C21H23N3O2. The lowest BCUT2D eigenvalue weighted by molar-refractivity contribution is -0.116. The molecule has 0 spiro atoms. The van der Waals surface area contributed by atoms with Gasteiger partial charge in [0.25, 0.3) is 0 Å². The van der Waals surface area contributed by atoms with Gasteiger partial charge in [-0.15, -0.1) is 0 Å². The van der Waals surface area contributed by atoms with E-state index in [2.05, 4.69) is 10.5 Å². The van der Waals surface area contributed by atoms with Gasteiger partial charge in [0.2, 0.25) is 5.91 Å². The van der Waals surface area contributed by atoms with Crippen LogP contribution >= 0.6 is 0 Å². The highest BCUT2D eigenvalue weighted by atomic mass is 16.5. The van der Waals surface area contributed by atoms with Gasteiger partial charge >= 0.3 is 0 Å². The van der Waals surface area contributed by atoms with Gasteiger partial charge < -0.3 is 9.84 Å². The molecule has 0 saturated carbocycles. The lowest BCUT2D eigenvalue weighted by Crippen LogP contribution is -2.20. The van der Waals surface area contributed by atoms with Crippen molar-refractivity contribution in [1.82, 2.24) is 15.0 Å². The van der Waals surface area contributed by atoms with Crippen LogP contribution in [0.2, 0.25) is 0 Å². The van der Waals surface area contributed by atoms with Crippen LogP contribution in [0.15, 0.2) is 47.0 Å². The van der Waals surface area contributed by atoms with E-state index in [1.54, 1.807) is 6.08 Å². The highest BCUT2D eigenvalue weighted by Gasteiger charge is 2.12. The number of benzene rings is 1. The fourth-order valence-electron chi connectivity index (χ4n) is 2.89. The first kappa shape index (κ1) is 17.7. The molecule has 0 aliphatic carbocycles. The molecule has 0 fully saturated rings. The van der Waals surface area contributed by atoms with E-state index in [0.717, 1.165) is 34.1 Å². The zero-order chi connectivity index (χ0) is 18.7. The molecule has 0 aliphatic rings. The fraction of sp³-hybridized carbons (Fsp3) is 0.238. The first-order valence-electron chi connectivity index (χ1n) is 8.58. The lowest BCUT2D eigenvalue weighted by atomic mass is 10.1. The molecule has 26 heavy (non-hydrogen) atoms. The Hall–Kier alpha value is -3.08. The molecule has 1 amide bonds. The van der Waals surface area contributed by atoms with Crippen molar-refractivity contribution in [3.05, 3.63) is 76.3 Å². The van der Waals surface area contributed by atoms with Gasteiger partial charge in [-0.05, 0) is 51.0 Å². The molecule has 0 saturated heterocycles. The number of aryl methyl sites for hydroxylation is 3. The normalized spacial score (nSPS) is 11.2. The van der Waals surface area contributed by atoms with E-state index in [9.17, 15) is 4.79 Å². The second kappa shape index (κ2) is 7.44. The molecule has 3 aromatic rings. The van der Waals surface area contributed by atoms with Crippen molar-refractivity contribution < 1.29 is 9.32 Å². The van der Waals surface area contributed by atoms with E-state index in [4.69, 9.17) is 4.52 Å². The largest absolute Gasteiger partial charge is 0.360 e. The quantitative estimate of drug-likeness (QED) is 0.708. The zero-order valence-corrected chi connectivity index (χ0v) is 15.5. The van der Waals surface area contributed by atoms with Gasteiger partial charge in [-0.2, -0.15) is 0 Å². The molecule has 2 aromatic heterocycles. The molecule has 0 atom stereocenters. The Kier molecular flexibility index (Phi) is 5.07. The van der Waals surface area contributed by atoms with Gasteiger partial charge in [0.15, 0.2) is 5.82 Å². The minimum atomic E-state index is -0.118. The van der Waals surface area contributed by atoms with Gasteiger partial charge in [0.05, 0.1) is 0 Å². The molecule has 0 bridgehead atoms.